The molecule has 5 heteroatoms. The van der Waals surface area contributed by atoms with E-state index in [1.165, 1.54) is 12.8 Å². The molecule has 1 saturated heterocycles. The molecular weight excluding hydrogens is 444 g/mol. The van der Waals surface area contributed by atoms with E-state index >= 15 is 0 Å². The average Bonchev–Trinajstić information content (AvgIpc) is 2.79. The number of piperidine rings is 1. The minimum atomic E-state index is 0.244. The van der Waals surface area contributed by atoms with Crippen LogP contribution >= 0.6 is 0 Å². The van der Waals surface area contributed by atoms with E-state index in [1.807, 2.05) is 31.2 Å². The fourth-order valence-corrected chi connectivity index (χ4v) is 5.76. The van der Waals surface area contributed by atoms with E-state index in [4.69, 9.17) is 4.98 Å². The number of benzene rings is 1. The molecule has 0 atom stereocenters. The molecule has 0 spiro atoms. The molecule has 0 bridgehead atoms. The maximum absolute atomic E-state index is 10.6. The maximum Gasteiger partial charge on any atom is 0.124 e. The monoisotopic (exact) mass is 486 g/mol. The quantitative estimate of drug-likeness (QED) is 0.390. The summed E-state index contributed by atoms with van der Waals surface area (Å²) in [7, 11) is 1.74. The van der Waals surface area contributed by atoms with Gasteiger partial charge in [-0.25, -0.2) is 0 Å². The van der Waals surface area contributed by atoms with Crippen LogP contribution < -0.4 is 5.32 Å². The topological polar surface area (TPSA) is 70.4 Å². The second-order valence-electron chi connectivity index (χ2n) is 11.3. The average molecular weight is 487 g/mol. The Morgan fingerprint density at radius 2 is 1.64 bits per heavy atom. The third-order valence-electron chi connectivity index (χ3n) is 6.63. The lowest BCUT2D eigenvalue weighted by Gasteiger charge is -2.45. The molecule has 0 unspecified atom stereocenters. The summed E-state index contributed by atoms with van der Waals surface area (Å²) in [6.45, 7) is 15.6. The van der Waals surface area contributed by atoms with Crippen LogP contribution in [0.4, 0.5) is 0 Å². The summed E-state index contributed by atoms with van der Waals surface area (Å²) in [6, 6.07) is 11.7. The van der Waals surface area contributed by atoms with Gasteiger partial charge in [-0.3, -0.25) is 15.0 Å². The van der Waals surface area contributed by atoms with Gasteiger partial charge in [0.05, 0.1) is 0 Å². The molecule has 1 aliphatic rings. The Bertz CT molecular complexity index is 1180. The fourth-order valence-electron chi connectivity index (χ4n) is 5.76. The molecule has 192 valence electrons. The van der Waals surface area contributed by atoms with Crippen LogP contribution in [0.5, 0.6) is 5.75 Å². The number of nitrogens with one attached hydrogen (secondary N) is 1. The van der Waals surface area contributed by atoms with Crippen molar-refractivity contribution >= 4 is 6.21 Å². The van der Waals surface area contributed by atoms with E-state index in [9.17, 15) is 5.11 Å². The number of aryl methyl sites for hydroxylation is 2. The minimum absolute atomic E-state index is 0.244. The van der Waals surface area contributed by atoms with Gasteiger partial charge >= 0.3 is 0 Å². The van der Waals surface area contributed by atoms with Gasteiger partial charge in [0.2, 0.25) is 0 Å². The molecule has 4 rings (SSSR count). The predicted octanol–water partition coefficient (Wildman–Crippen LogP) is 7.00. The standard InChI is InChI=1S/C21H21N3O.C10H21N/c1-4-20-19(11-17(13-22-3)14(2)24-20)18-6-5-16(12-21(18)25)15-7-9-23-10-8-15;1-8-6-9(2,3)11-10(4,5)7-8/h5-13,25H,4H2,1-3H3;8,11H,6-7H2,1-5H3. The normalized spacial score (nSPS) is 17.0. The molecule has 36 heavy (non-hydrogen) atoms. The highest BCUT2D eigenvalue weighted by Gasteiger charge is 2.35. The molecule has 1 aliphatic heterocycles. The molecule has 3 aromatic rings. The number of hydrogen-bond donors (Lipinski definition) is 2. The second-order valence-corrected chi connectivity index (χ2v) is 11.3. The minimum Gasteiger partial charge on any atom is -0.507 e. The number of aliphatic imine (C=N–C) groups is 1. The van der Waals surface area contributed by atoms with Gasteiger partial charge in [-0.2, -0.15) is 0 Å². The molecule has 0 amide bonds. The van der Waals surface area contributed by atoms with Crippen LogP contribution in [0.1, 0.15) is 71.3 Å². The van der Waals surface area contributed by atoms with Crippen molar-refractivity contribution in [1.29, 1.82) is 0 Å². The van der Waals surface area contributed by atoms with Crippen molar-refractivity contribution in [2.75, 3.05) is 7.05 Å². The van der Waals surface area contributed by atoms with Crippen molar-refractivity contribution in [2.24, 2.45) is 10.9 Å². The number of rotatable bonds is 4. The summed E-state index contributed by atoms with van der Waals surface area (Å²) in [5, 5.41) is 14.3. The van der Waals surface area contributed by atoms with Crippen LogP contribution in [0, 0.1) is 12.8 Å². The van der Waals surface area contributed by atoms with Crippen molar-refractivity contribution in [3.63, 3.8) is 0 Å². The number of hydrogen-bond acceptors (Lipinski definition) is 5. The van der Waals surface area contributed by atoms with Crippen LogP contribution in [0.15, 0.2) is 53.8 Å². The molecule has 0 aliphatic carbocycles. The lowest BCUT2D eigenvalue weighted by molar-refractivity contribution is 0.138. The third kappa shape index (κ3) is 7.01. The highest BCUT2D eigenvalue weighted by molar-refractivity contribution is 5.86. The molecule has 0 radical (unpaired) electrons. The van der Waals surface area contributed by atoms with Crippen LogP contribution in [0.25, 0.3) is 22.3 Å². The van der Waals surface area contributed by atoms with Crippen LogP contribution in [-0.2, 0) is 6.42 Å². The van der Waals surface area contributed by atoms with Gasteiger partial charge in [-0.05, 0) is 101 Å². The van der Waals surface area contributed by atoms with Gasteiger partial charge in [0.15, 0.2) is 0 Å². The van der Waals surface area contributed by atoms with Crippen LogP contribution in [-0.4, -0.2) is 39.4 Å². The largest absolute Gasteiger partial charge is 0.507 e. The Labute approximate surface area is 217 Å². The van der Waals surface area contributed by atoms with Gasteiger partial charge in [-0.15, -0.1) is 0 Å². The van der Waals surface area contributed by atoms with Crippen molar-refractivity contribution < 1.29 is 5.11 Å². The van der Waals surface area contributed by atoms with E-state index < -0.39 is 0 Å². The zero-order chi connectivity index (χ0) is 26.5. The van der Waals surface area contributed by atoms with Gasteiger partial charge < -0.3 is 10.4 Å². The van der Waals surface area contributed by atoms with E-state index in [1.54, 1.807) is 31.7 Å². The van der Waals surface area contributed by atoms with Gasteiger partial charge in [0, 0.05) is 64.8 Å². The van der Waals surface area contributed by atoms with E-state index in [2.05, 4.69) is 62.9 Å². The fraction of sp³-hybridized carbons (Fsp3) is 0.452. The Kier molecular flexibility index (Phi) is 8.67. The summed E-state index contributed by atoms with van der Waals surface area (Å²) in [5.74, 6) is 1.11. The summed E-state index contributed by atoms with van der Waals surface area (Å²) in [5.41, 5.74) is 7.26. The SMILES string of the molecule is CC1CC(C)(C)NC(C)(C)C1.CCc1nc(C)c(C=NC)cc1-c1ccc(-c2ccncc2)cc1O. The number of phenolic OH excluding ortho intramolecular Hbond substituents is 1. The van der Waals surface area contributed by atoms with Crippen molar-refractivity contribution in [1.82, 2.24) is 15.3 Å². The first-order valence-corrected chi connectivity index (χ1v) is 12.9. The lowest BCUT2D eigenvalue weighted by atomic mass is 9.77. The zero-order valence-corrected chi connectivity index (χ0v) is 23.2. The Hall–Kier alpha value is -3.05. The van der Waals surface area contributed by atoms with Crippen LogP contribution in [0.3, 0.4) is 0 Å². The number of aromatic nitrogens is 2. The second kappa shape index (κ2) is 11.3. The first-order valence-electron chi connectivity index (χ1n) is 12.9. The highest BCUT2D eigenvalue weighted by Crippen LogP contribution is 2.35. The number of phenols is 1. The summed E-state index contributed by atoms with van der Waals surface area (Å²) in [4.78, 5) is 12.8. The molecule has 2 N–H and O–H groups in total. The molecule has 1 aromatic carbocycles. The number of aromatic hydroxyl groups is 1. The first kappa shape index (κ1) is 27.5. The molecule has 2 aromatic heterocycles. The summed E-state index contributed by atoms with van der Waals surface area (Å²) >= 11 is 0. The molecular formula is C31H42N4O. The molecule has 1 fully saturated rings. The first-order chi connectivity index (χ1) is 16.9. The van der Waals surface area contributed by atoms with Crippen molar-refractivity contribution in [3.8, 4) is 28.0 Å². The van der Waals surface area contributed by atoms with E-state index in [0.717, 1.165) is 51.5 Å². The van der Waals surface area contributed by atoms with Crippen molar-refractivity contribution in [2.45, 2.75) is 78.8 Å². The van der Waals surface area contributed by atoms with Crippen molar-refractivity contribution in [3.05, 3.63) is 65.7 Å². The van der Waals surface area contributed by atoms with Gasteiger partial charge in [0.25, 0.3) is 0 Å². The maximum atomic E-state index is 10.6. The smallest absolute Gasteiger partial charge is 0.124 e. The summed E-state index contributed by atoms with van der Waals surface area (Å²) in [6.07, 6.45) is 8.69. The predicted molar refractivity (Wildman–Crippen MR) is 152 cm³/mol. The Morgan fingerprint density at radius 1 is 1.00 bits per heavy atom. The zero-order valence-electron chi connectivity index (χ0n) is 23.2. The number of pyridine rings is 2. The van der Waals surface area contributed by atoms with Gasteiger partial charge in [-0.1, -0.05) is 19.9 Å². The third-order valence-corrected chi connectivity index (χ3v) is 6.63. The Balaban J connectivity index is 0.000000275. The molecule has 0 saturated carbocycles. The van der Waals surface area contributed by atoms with Gasteiger partial charge in [0.1, 0.15) is 5.75 Å². The summed E-state index contributed by atoms with van der Waals surface area (Å²) < 4.78 is 0. The lowest BCUT2D eigenvalue weighted by Crippen LogP contribution is -2.57. The molecule has 3 heterocycles. The molecule has 5 nitrogen and oxygen atoms in total. The number of nitrogens with zero attached hydrogens (tertiary/aromatic N) is 3. The van der Waals surface area contributed by atoms with E-state index in [0.29, 0.717) is 11.1 Å². The highest BCUT2D eigenvalue weighted by atomic mass is 16.3. The van der Waals surface area contributed by atoms with Crippen LogP contribution in [0.2, 0.25) is 0 Å². The Morgan fingerprint density at radius 3 is 2.17 bits per heavy atom. The van der Waals surface area contributed by atoms with E-state index in [-0.39, 0.29) is 5.75 Å².